The van der Waals surface area contributed by atoms with Gasteiger partial charge in [-0.15, -0.1) is 12.4 Å². The number of carbonyl (C=O) groups is 1. The van der Waals surface area contributed by atoms with Crippen molar-refractivity contribution < 1.29 is 22.0 Å². The Labute approximate surface area is 193 Å². The Morgan fingerprint density at radius 3 is 2.39 bits per heavy atom. The molecule has 3 aromatic rings. The van der Waals surface area contributed by atoms with Crippen molar-refractivity contribution in [3.05, 3.63) is 53.1 Å². The van der Waals surface area contributed by atoms with E-state index in [1.807, 2.05) is 4.90 Å². The van der Waals surface area contributed by atoms with E-state index in [1.165, 1.54) is 29.2 Å². The summed E-state index contributed by atoms with van der Waals surface area (Å²) in [6.45, 7) is 0.547. The standard InChI is InChI=1S/C19H18ClF2N3O3S2.ClH/c1-24(2)7-8-25(19-23-18-15(22)9-13(21)10-16(18)29-19)17(26)11-30(27,28)14-5-3-12(20)4-6-14;/h3-6,9-10H,7-8,11H2,1-2H3;1H. The molecule has 2 aromatic carbocycles. The zero-order chi connectivity index (χ0) is 22.1. The number of fused-ring (bicyclic) bond motifs is 1. The molecule has 31 heavy (non-hydrogen) atoms. The molecule has 0 spiro atoms. The number of hydrogen-bond acceptors (Lipinski definition) is 6. The fourth-order valence-electron chi connectivity index (χ4n) is 2.65. The van der Waals surface area contributed by atoms with Crippen LogP contribution in [0.1, 0.15) is 0 Å². The Morgan fingerprint density at radius 2 is 1.77 bits per heavy atom. The Morgan fingerprint density at radius 1 is 1.13 bits per heavy atom. The highest BCUT2D eigenvalue weighted by molar-refractivity contribution is 7.92. The average Bonchev–Trinajstić information content (AvgIpc) is 3.05. The largest absolute Gasteiger partial charge is 0.308 e. The number of rotatable bonds is 7. The monoisotopic (exact) mass is 509 g/mol. The van der Waals surface area contributed by atoms with Crippen LogP contribution in [0.2, 0.25) is 5.02 Å². The van der Waals surface area contributed by atoms with Crippen LogP contribution in [0.15, 0.2) is 41.3 Å². The van der Waals surface area contributed by atoms with E-state index < -0.39 is 33.1 Å². The summed E-state index contributed by atoms with van der Waals surface area (Å²) in [7, 11) is -0.349. The zero-order valence-corrected chi connectivity index (χ0v) is 19.7. The molecule has 6 nitrogen and oxygen atoms in total. The summed E-state index contributed by atoms with van der Waals surface area (Å²) in [5.41, 5.74) is -0.0698. The lowest BCUT2D eigenvalue weighted by molar-refractivity contribution is -0.116. The topological polar surface area (TPSA) is 70.6 Å². The van der Waals surface area contributed by atoms with Gasteiger partial charge in [-0.05, 0) is 44.4 Å². The Hall–Kier alpha value is -1.85. The minimum absolute atomic E-state index is 0. The average molecular weight is 510 g/mol. The predicted octanol–water partition coefficient (Wildman–Crippen LogP) is 4.02. The molecule has 0 atom stereocenters. The van der Waals surface area contributed by atoms with Crippen molar-refractivity contribution in [1.29, 1.82) is 0 Å². The normalized spacial score (nSPS) is 11.5. The van der Waals surface area contributed by atoms with E-state index in [-0.39, 0.29) is 39.2 Å². The summed E-state index contributed by atoms with van der Waals surface area (Å²) in [6, 6.07) is 7.33. The highest BCUT2D eigenvalue weighted by Crippen LogP contribution is 2.31. The number of sulfone groups is 1. The van der Waals surface area contributed by atoms with Crippen molar-refractivity contribution >= 4 is 66.4 Å². The number of nitrogens with zero attached hydrogens (tertiary/aromatic N) is 3. The number of aromatic nitrogens is 1. The van der Waals surface area contributed by atoms with Crippen molar-refractivity contribution in [3.63, 3.8) is 0 Å². The summed E-state index contributed by atoms with van der Waals surface area (Å²) in [4.78, 5) is 20.0. The molecule has 1 aromatic heterocycles. The van der Waals surface area contributed by atoms with Gasteiger partial charge in [-0.2, -0.15) is 0 Å². The predicted molar refractivity (Wildman–Crippen MR) is 121 cm³/mol. The van der Waals surface area contributed by atoms with Gasteiger partial charge < -0.3 is 4.90 Å². The van der Waals surface area contributed by atoms with Crippen molar-refractivity contribution in [3.8, 4) is 0 Å². The molecule has 0 aliphatic carbocycles. The van der Waals surface area contributed by atoms with Crippen LogP contribution in [-0.2, 0) is 14.6 Å². The molecule has 0 radical (unpaired) electrons. The molecular weight excluding hydrogens is 491 g/mol. The highest BCUT2D eigenvalue weighted by Gasteiger charge is 2.27. The van der Waals surface area contributed by atoms with Gasteiger partial charge in [0.15, 0.2) is 20.8 Å². The molecule has 0 saturated carbocycles. The second kappa shape index (κ2) is 10.2. The molecule has 0 N–H and O–H groups in total. The fourth-order valence-corrected chi connectivity index (χ4v) is 5.03. The number of carbonyl (C=O) groups excluding carboxylic acids is 1. The van der Waals surface area contributed by atoms with Crippen LogP contribution in [0.3, 0.4) is 0 Å². The summed E-state index contributed by atoms with van der Waals surface area (Å²) in [6.07, 6.45) is 0. The molecule has 0 unspecified atom stereocenters. The summed E-state index contributed by atoms with van der Waals surface area (Å²) in [5, 5.41) is 0.476. The first-order valence-corrected chi connectivity index (χ1v) is 11.6. The van der Waals surface area contributed by atoms with Gasteiger partial charge in [0.05, 0.1) is 9.60 Å². The van der Waals surface area contributed by atoms with Crippen molar-refractivity contribution in [2.24, 2.45) is 0 Å². The Kier molecular flexibility index (Phi) is 8.34. The van der Waals surface area contributed by atoms with Crippen LogP contribution in [0, 0.1) is 11.6 Å². The first kappa shape index (κ1) is 25.4. The lowest BCUT2D eigenvalue weighted by Crippen LogP contribution is -2.40. The van der Waals surface area contributed by atoms with E-state index in [0.717, 1.165) is 17.4 Å². The van der Waals surface area contributed by atoms with Crippen LogP contribution in [-0.4, -0.2) is 57.1 Å². The number of amides is 1. The van der Waals surface area contributed by atoms with E-state index >= 15 is 0 Å². The number of hydrogen-bond donors (Lipinski definition) is 0. The third-order valence-electron chi connectivity index (χ3n) is 4.19. The van der Waals surface area contributed by atoms with Crippen LogP contribution in [0.4, 0.5) is 13.9 Å². The second-order valence-corrected chi connectivity index (χ2v) is 10.2. The molecule has 3 rings (SSSR count). The zero-order valence-electron chi connectivity index (χ0n) is 16.5. The maximum absolute atomic E-state index is 14.0. The van der Waals surface area contributed by atoms with Crippen LogP contribution in [0.25, 0.3) is 10.2 Å². The molecule has 0 saturated heterocycles. The first-order valence-electron chi connectivity index (χ1n) is 8.76. The number of benzene rings is 2. The number of thiazole rings is 1. The van der Waals surface area contributed by atoms with Gasteiger partial charge in [0.25, 0.3) is 0 Å². The van der Waals surface area contributed by atoms with E-state index in [9.17, 15) is 22.0 Å². The SMILES string of the molecule is CN(C)CCN(C(=O)CS(=O)(=O)c1ccc(Cl)cc1)c1nc2c(F)cc(F)cc2s1.Cl. The lowest BCUT2D eigenvalue weighted by atomic mass is 10.3. The first-order chi connectivity index (χ1) is 14.1. The van der Waals surface area contributed by atoms with E-state index in [4.69, 9.17) is 11.6 Å². The third kappa shape index (κ3) is 6.11. The van der Waals surface area contributed by atoms with Crippen LogP contribution in [0.5, 0.6) is 0 Å². The minimum Gasteiger partial charge on any atom is -0.308 e. The van der Waals surface area contributed by atoms with Gasteiger partial charge >= 0.3 is 0 Å². The lowest BCUT2D eigenvalue weighted by Gasteiger charge is -2.22. The molecule has 0 aliphatic rings. The minimum atomic E-state index is -3.93. The van der Waals surface area contributed by atoms with Gasteiger partial charge in [-0.25, -0.2) is 22.2 Å². The van der Waals surface area contributed by atoms with Gasteiger partial charge in [-0.1, -0.05) is 22.9 Å². The molecular formula is C19H19Cl2F2N3O3S2. The quantitative estimate of drug-likeness (QED) is 0.481. The Balaban J connectivity index is 0.00000341. The molecule has 0 bridgehead atoms. The maximum atomic E-state index is 14.0. The molecule has 0 aliphatic heterocycles. The van der Waals surface area contributed by atoms with Crippen molar-refractivity contribution in [1.82, 2.24) is 9.88 Å². The molecule has 168 valence electrons. The van der Waals surface area contributed by atoms with Crippen LogP contribution >= 0.6 is 35.3 Å². The van der Waals surface area contributed by atoms with Gasteiger partial charge in [0.1, 0.15) is 17.1 Å². The van der Waals surface area contributed by atoms with E-state index in [2.05, 4.69) is 4.98 Å². The molecule has 12 heteroatoms. The fraction of sp³-hybridized carbons (Fsp3) is 0.263. The number of anilines is 1. The smallest absolute Gasteiger partial charge is 0.244 e. The van der Waals surface area contributed by atoms with Crippen molar-refractivity contribution in [2.45, 2.75) is 4.90 Å². The molecule has 1 heterocycles. The number of halogens is 4. The molecule has 0 fully saturated rings. The van der Waals surface area contributed by atoms with Gasteiger partial charge in [-0.3, -0.25) is 9.69 Å². The van der Waals surface area contributed by atoms with Crippen LogP contribution < -0.4 is 4.90 Å². The molecule has 1 amide bonds. The number of likely N-dealkylation sites (N-methyl/N-ethyl adjacent to an activating group) is 1. The summed E-state index contributed by atoms with van der Waals surface area (Å²) >= 11 is 6.71. The third-order valence-corrected chi connectivity index (χ3v) is 7.09. The summed E-state index contributed by atoms with van der Waals surface area (Å²) < 4.78 is 53.1. The maximum Gasteiger partial charge on any atom is 0.244 e. The van der Waals surface area contributed by atoms with Gasteiger partial charge in [0, 0.05) is 24.2 Å². The highest BCUT2D eigenvalue weighted by atomic mass is 35.5. The summed E-state index contributed by atoms with van der Waals surface area (Å²) in [5.74, 6) is -3.12. The van der Waals surface area contributed by atoms with Crippen molar-refractivity contribution in [2.75, 3.05) is 37.8 Å². The Bertz CT molecular complexity index is 1190. The second-order valence-electron chi connectivity index (χ2n) is 6.79. The van der Waals surface area contributed by atoms with E-state index in [0.29, 0.717) is 17.6 Å². The van der Waals surface area contributed by atoms with E-state index in [1.54, 1.807) is 14.1 Å². The van der Waals surface area contributed by atoms with Gasteiger partial charge in [0.2, 0.25) is 5.91 Å².